The van der Waals surface area contributed by atoms with Crippen LogP contribution >= 0.6 is 0 Å². The number of carbonyl (C=O) groups excluding carboxylic acids is 1. The van der Waals surface area contributed by atoms with Crippen molar-refractivity contribution in [1.82, 2.24) is 9.88 Å². The van der Waals surface area contributed by atoms with Gasteiger partial charge in [-0.2, -0.15) is 0 Å². The van der Waals surface area contributed by atoms with Crippen LogP contribution in [0.25, 0.3) is 0 Å². The van der Waals surface area contributed by atoms with E-state index in [9.17, 15) is 4.79 Å². The van der Waals surface area contributed by atoms with Gasteiger partial charge in [0.05, 0.1) is 6.04 Å². The number of pyridine rings is 1. The average molecular weight is 353 g/mol. The summed E-state index contributed by atoms with van der Waals surface area (Å²) >= 11 is 0. The number of likely N-dealkylation sites (tertiary alicyclic amines) is 1. The van der Waals surface area contributed by atoms with Gasteiger partial charge >= 0.3 is 6.09 Å². The zero-order valence-corrected chi connectivity index (χ0v) is 15.8. The summed E-state index contributed by atoms with van der Waals surface area (Å²) in [5.74, 6) is 0.961. The number of aryl methyl sites for hydroxylation is 1. The molecule has 1 aromatic heterocycles. The van der Waals surface area contributed by atoms with Gasteiger partial charge in [-0.15, -0.1) is 0 Å². The van der Waals surface area contributed by atoms with Gasteiger partial charge in [-0.3, -0.25) is 0 Å². The third kappa shape index (κ3) is 4.15. The van der Waals surface area contributed by atoms with E-state index in [2.05, 4.69) is 18.0 Å². The standard InChI is InChI=1S/C21H27N3O2/c1-16-13-18(14-22-20(16)23(2)3)19-11-7-8-12-24(19)21(25)26-15-17-9-5-4-6-10-17/h4-6,9-10,13-14,19H,7-8,11-12,15H2,1-3H3. The number of anilines is 1. The first-order valence-corrected chi connectivity index (χ1v) is 9.17. The molecule has 0 aliphatic carbocycles. The van der Waals surface area contributed by atoms with Crippen molar-refractivity contribution >= 4 is 11.9 Å². The largest absolute Gasteiger partial charge is 0.445 e. The molecule has 0 bridgehead atoms. The molecule has 1 aliphatic heterocycles. The van der Waals surface area contributed by atoms with Crippen molar-refractivity contribution in [3.05, 3.63) is 59.3 Å². The van der Waals surface area contributed by atoms with Crippen LogP contribution in [0.15, 0.2) is 42.6 Å². The molecule has 2 aromatic rings. The van der Waals surface area contributed by atoms with Gasteiger partial charge in [-0.25, -0.2) is 9.78 Å². The molecule has 26 heavy (non-hydrogen) atoms. The van der Waals surface area contributed by atoms with Crippen LogP contribution in [0, 0.1) is 6.92 Å². The van der Waals surface area contributed by atoms with Gasteiger partial charge in [-0.05, 0) is 48.9 Å². The zero-order valence-electron chi connectivity index (χ0n) is 15.8. The van der Waals surface area contributed by atoms with E-state index in [1.54, 1.807) is 0 Å². The number of benzene rings is 1. The van der Waals surface area contributed by atoms with Crippen LogP contribution in [-0.2, 0) is 11.3 Å². The summed E-state index contributed by atoms with van der Waals surface area (Å²) in [4.78, 5) is 21.1. The van der Waals surface area contributed by atoms with Crippen molar-refractivity contribution in [2.75, 3.05) is 25.5 Å². The molecule has 2 heterocycles. The van der Waals surface area contributed by atoms with E-state index in [0.717, 1.165) is 48.3 Å². The predicted molar refractivity (Wildman–Crippen MR) is 103 cm³/mol. The Kier molecular flexibility index (Phi) is 5.76. The molecule has 0 saturated carbocycles. The molecule has 3 rings (SSSR count). The minimum Gasteiger partial charge on any atom is -0.445 e. The van der Waals surface area contributed by atoms with E-state index in [1.807, 2.05) is 60.4 Å². The van der Waals surface area contributed by atoms with E-state index in [0.29, 0.717) is 6.61 Å². The fraction of sp³-hybridized carbons (Fsp3) is 0.429. The number of hydrogen-bond acceptors (Lipinski definition) is 4. The quantitative estimate of drug-likeness (QED) is 0.821. The first-order valence-electron chi connectivity index (χ1n) is 9.17. The Labute approximate surface area is 155 Å². The first kappa shape index (κ1) is 18.2. The Hall–Kier alpha value is -2.56. The molecule has 1 aromatic carbocycles. The lowest BCUT2D eigenvalue weighted by Crippen LogP contribution is -2.39. The molecular formula is C21H27N3O2. The molecule has 5 heteroatoms. The van der Waals surface area contributed by atoms with Crippen LogP contribution in [0.2, 0.25) is 0 Å². The van der Waals surface area contributed by atoms with Gasteiger partial charge in [0.15, 0.2) is 0 Å². The number of ether oxygens (including phenoxy) is 1. The Balaban J connectivity index is 1.73. The van der Waals surface area contributed by atoms with Gasteiger partial charge in [-0.1, -0.05) is 30.3 Å². The highest BCUT2D eigenvalue weighted by molar-refractivity contribution is 5.68. The maximum absolute atomic E-state index is 12.7. The van der Waals surface area contributed by atoms with E-state index in [1.165, 1.54) is 0 Å². The molecule has 1 atom stereocenters. The van der Waals surface area contributed by atoms with Crippen molar-refractivity contribution in [3.63, 3.8) is 0 Å². The summed E-state index contributed by atoms with van der Waals surface area (Å²) < 4.78 is 5.57. The molecule has 138 valence electrons. The molecule has 0 radical (unpaired) electrons. The van der Waals surface area contributed by atoms with E-state index in [4.69, 9.17) is 4.74 Å². The second kappa shape index (κ2) is 8.21. The molecule has 1 saturated heterocycles. The molecular weight excluding hydrogens is 326 g/mol. The SMILES string of the molecule is Cc1cc(C2CCCCN2C(=O)OCc2ccccc2)cnc1N(C)C. The number of amides is 1. The topological polar surface area (TPSA) is 45.7 Å². The normalized spacial score (nSPS) is 17.0. The van der Waals surface area contributed by atoms with Gasteiger partial charge in [0, 0.05) is 26.8 Å². The fourth-order valence-electron chi connectivity index (χ4n) is 3.54. The van der Waals surface area contributed by atoms with Crippen molar-refractivity contribution in [3.8, 4) is 0 Å². The summed E-state index contributed by atoms with van der Waals surface area (Å²) in [6, 6.07) is 12.0. The van der Waals surface area contributed by atoms with Gasteiger partial charge in [0.1, 0.15) is 12.4 Å². The van der Waals surface area contributed by atoms with Gasteiger partial charge < -0.3 is 14.5 Å². The zero-order chi connectivity index (χ0) is 18.5. The number of piperidine rings is 1. The summed E-state index contributed by atoms with van der Waals surface area (Å²) in [6.45, 7) is 3.10. The van der Waals surface area contributed by atoms with Crippen molar-refractivity contribution in [2.24, 2.45) is 0 Å². The van der Waals surface area contributed by atoms with E-state index in [-0.39, 0.29) is 12.1 Å². The molecule has 1 unspecified atom stereocenters. The maximum Gasteiger partial charge on any atom is 0.410 e. The minimum absolute atomic E-state index is 0.0365. The van der Waals surface area contributed by atoms with Gasteiger partial charge in [0.25, 0.3) is 0 Å². The lowest BCUT2D eigenvalue weighted by Gasteiger charge is -2.35. The number of rotatable bonds is 4. The fourth-order valence-corrected chi connectivity index (χ4v) is 3.54. The molecule has 1 amide bonds. The van der Waals surface area contributed by atoms with Crippen LogP contribution in [0.4, 0.5) is 10.6 Å². The monoisotopic (exact) mass is 353 g/mol. The second-order valence-electron chi connectivity index (χ2n) is 7.05. The van der Waals surface area contributed by atoms with Crippen LogP contribution < -0.4 is 4.90 Å². The Morgan fingerprint density at radius 2 is 2.04 bits per heavy atom. The molecule has 1 aliphatic rings. The highest BCUT2D eigenvalue weighted by Crippen LogP contribution is 2.32. The number of aromatic nitrogens is 1. The van der Waals surface area contributed by atoms with Crippen molar-refractivity contribution in [2.45, 2.75) is 38.8 Å². The summed E-state index contributed by atoms with van der Waals surface area (Å²) in [7, 11) is 3.98. The summed E-state index contributed by atoms with van der Waals surface area (Å²) in [5.41, 5.74) is 3.21. The lowest BCUT2D eigenvalue weighted by atomic mass is 9.96. The van der Waals surface area contributed by atoms with E-state index >= 15 is 0 Å². The number of carbonyl (C=O) groups is 1. The maximum atomic E-state index is 12.7. The molecule has 0 spiro atoms. The Morgan fingerprint density at radius 1 is 1.27 bits per heavy atom. The van der Waals surface area contributed by atoms with Gasteiger partial charge in [0.2, 0.25) is 0 Å². The lowest BCUT2D eigenvalue weighted by molar-refractivity contribution is 0.0678. The third-order valence-electron chi connectivity index (χ3n) is 4.82. The van der Waals surface area contributed by atoms with Crippen LogP contribution in [0.1, 0.15) is 42.0 Å². The van der Waals surface area contributed by atoms with E-state index < -0.39 is 0 Å². The number of nitrogens with zero attached hydrogens (tertiary/aromatic N) is 3. The first-order chi connectivity index (χ1) is 12.6. The van der Waals surface area contributed by atoms with Crippen molar-refractivity contribution in [1.29, 1.82) is 0 Å². The summed E-state index contributed by atoms with van der Waals surface area (Å²) in [6.07, 6.45) is 4.73. The van der Waals surface area contributed by atoms with Crippen LogP contribution in [-0.4, -0.2) is 36.6 Å². The number of hydrogen-bond donors (Lipinski definition) is 0. The molecule has 0 N–H and O–H groups in total. The van der Waals surface area contributed by atoms with Crippen molar-refractivity contribution < 1.29 is 9.53 Å². The molecule has 1 fully saturated rings. The highest BCUT2D eigenvalue weighted by Gasteiger charge is 2.29. The van der Waals surface area contributed by atoms with Crippen LogP contribution in [0.5, 0.6) is 0 Å². The Bertz CT molecular complexity index is 746. The second-order valence-corrected chi connectivity index (χ2v) is 7.05. The Morgan fingerprint density at radius 3 is 2.73 bits per heavy atom. The third-order valence-corrected chi connectivity index (χ3v) is 4.82. The smallest absolute Gasteiger partial charge is 0.410 e. The average Bonchev–Trinajstić information content (AvgIpc) is 2.66. The predicted octanol–water partition coefficient (Wildman–Crippen LogP) is 4.32. The minimum atomic E-state index is -0.243. The summed E-state index contributed by atoms with van der Waals surface area (Å²) in [5, 5.41) is 0. The van der Waals surface area contributed by atoms with Crippen LogP contribution in [0.3, 0.4) is 0 Å². The highest BCUT2D eigenvalue weighted by atomic mass is 16.6. The molecule has 5 nitrogen and oxygen atoms in total.